The highest BCUT2D eigenvalue weighted by molar-refractivity contribution is 7.84. The molecule has 0 aliphatic heterocycles. The van der Waals surface area contributed by atoms with Gasteiger partial charge >= 0.3 is 0 Å². The summed E-state index contributed by atoms with van der Waals surface area (Å²) < 4.78 is 11.0. The second kappa shape index (κ2) is 6.80. The number of anilines is 1. The van der Waals surface area contributed by atoms with Crippen LogP contribution in [0.3, 0.4) is 0 Å². The molecular formula is C12H19N3OS2. The van der Waals surface area contributed by atoms with E-state index in [2.05, 4.69) is 10.3 Å². The van der Waals surface area contributed by atoms with Crippen molar-refractivity contribution in [1.29, 1.82) is 0 Å². The minimum Gasteiger partial charge on any atom is -0.389 e. The van der Waals surface area contributed by atoms with E-state index in [-0.39, 0.29) is 0 Å². The number of hydrogen-bond donors (Lipinski definition) is 2. The molecule has 0 bridgehead atoms. The molecule has 0 aliphatic carbocycles. The molecule has 1 rings (SSSR count). The van der Waals surface area contributed by atoms with E-state index in [1.54, 1.807) is 6.26 Å². The van der Waals surface area contributed by atoms with Crippen molar-refractivity contribution in [2.45, 2.75) is 20.3 Å². The molecule has 100 valence electrons. The van der Waals surface area contributed by atoms with Gasteiger partial charge in [-0.25, -0.2) is 4.98 Å². The van der Waals surface area contributed by atoms with Gasteiger partial charge in [-0.05, 0) is 31.9 Å². The van der Waals surface area contributed by atoms with Crippen LogP contribution in [0, 0.1) is 13.8 Å². The molecule has 1 aromatic heterocycles. The summed E-state index contributed by atoms with van der Waals surface area (Å²) in [5.74, 6) is 1.40. The molecule has 0 fully saturated rings. The smallest absolute Gasteiger partial charge is 0.136 e. The first kappa shape index (κ1) is 15.0. The number of thiocarbonyl (C=S) groups is 1. The molecule has 3 N–H and O–H groups in total. The first-order chi connectivity index (χ1) is 8.41. The quantitative estimate of drug-likeness (QED) is 0.612. The molecule has 1 atom stereocenters. The Morgan fingerprint density at radius 3 is 2.78 bits per heavy atom. The number of nitrogens with zero attached hydrogens (tertiary/aromatic N) is 1. The molecule has 1 heterocycles. The van der Waals surface area contributed by atoms with Crippen molar-refractivity contribution in [2.75, 3.05) is 23.9 Å². The SMILES string of the molecule is Cc1cc(C)c(C(N)=S)c(NCCCS(C)=O)n1. The van der Waals surface area contributed by atoms with E-state index in [0.717, 1.165) is 29.1 Å². The van der Waals surface area contributed by atoms with Gasteiger partial charge in [-0.15, -0.1) is 0 Å². The fourth-order valence-electron chi connectivity index (χ4n) is 1.76. The predicted molar refractivity (Wildman–Crippen MR) is 81.6 cm³/mol. The van der Waals surface area contributed by atoms with E-state index >= 15 is 0 Å². The van der Waals surface area contributed by atoms with Gasteiger partial charge in [-0.3, -0.25) is 4.21 Å². The second-order valence-electron chi connectivity index (χ2n) is 4.23. The fourth-order valence-corrected chi connectivity index (χ4v) is 2.57. The highest BCUT2D eigenvalue weighted by atomic mass is 32.2. The third kappa shape index (κ3) is 4.34. The van der Waals surface area contributed by atoms with Crippen molar-refractivity contribution in [3.05, 3.63) is 22.9 Å². The summed E-state index contributed by atoms with van der Waals surface area (Å²) in [6.07, 6.45) is 2.53. The molecule has 18 heavy (non-hydrogen) atoms. The Labute approximate surface area is 116 Å². The van der Waals surface area contributed by atoms with Crippen LogP contribution < -0.4 is 11.1 Å². The molecule has 0 aromatic carbocycles. The maximum Gasteiger partial charge on any atom is 0.136 e. The van der Waals surface area contributed by atoms with E-state index in [0.29, 0.717) is 17.3 Å². The largest absolute Gasteiger partial charge is 0.389 e. The molecular weight excluding hydrogens is 266 g/mol. The second-order valence-corrected chi connectivity index (χ2v) is 6.22. The number of rotatable bonds is 6. The van der Waals surface area contributed by atoms with Crippen molar-refractivity contribution in [3.8, 4) is 0 Å². The molecule has 1 aromatic rings. The zero-order valence-electron chi connectivity index (χ0n) is 10.9. The number of aryl methyl sites for hydroxylation is 2. The number of nitrogens with one attached hydrogen (secondary N) is 1. The van der Waals surface area contributed by atoms with Crippen LogP contribution in [0.15, 0.2) is 6.07 Å². The maximum atomic E-state index is 11.0. The normalized spacial score (nSPS) is 12.2. The van der Waals surface area contributed by atoms with Crippen LogP contribution >= 0.6 is 12.2 Å². The lowest BCUT2D eigenvalue weighted by Crippen LogP contribution is -2.17. The van der Waals surface area contributed by atoms with Crippen LogP contribution in [-0.4, -0.2) is 32.7 Å². The zero-order chi connectivity index (χ0) is 13.7. The molecule has 4 nitrogen and oxygen atoms in total. The Morgan fingerprint density at radius 1 is 1.56 bits per heavy atom. The zero-order valence-corrected chi connectivity index (χ0v) is 12.6. The molecule has 1 unspecified atom stereocenters. The van der Waals surface area contributed by atoms with E-state index in [1.807, 2.05) is 19.9 Å². The third-order valence-corrected chi connectivity index (χ3v) is 3.56. The minimum absolute atomic E-state index is 0.349. The van der Waals surface area contributed by atoms with Crippen LogP contribution in [0.25, 0.3) is 0 Å². The molecule has 0 saturated heterocycles. The summed E-state index contributed by atoms with van der Waals surface area (Å²) >= 11 is 5.05. The predicted octanol–water partition coefficient (Wildman–Crippen LogP) is 1.51. The Hall–Kier alpha value is -1.01. The van der Waals surface area contributed by atoms with Gasteiger partial charge in [0.2, 0.25) is 0 Å². The molecule has 0 spiro atoms. The Bertz CT molecular complexity index is 475. The number of pyridine rings is 1. The lowest BCUT2D eigenvalue weighted by molar-refractivity contribution is 0.685. The lowest BCUT2D eigenvalue weighted by atomic mass is 10.1. The van der Waals surface area contributed by atoms with Crippen LogP contribution in [0.4, 0.5) is 5.82 Å². The van der Waals surface area contributed by atoms with Gasteiger partial charge < -0.3 is 11.1 Å². The van der Waals surface area contributed by atoms with Gasteiger partial charge in [-0.1, -0.05) is 12.2 Å². The summed E-state index contributed by atoms with van der Waals surface area (Å²) in [5, 5.41) is 3.22. The summed E-state index contributed by atoms with van der Waals surface area (Å²) in [5.41, 5.74) is 8.47. The summed E-state index contributed by atoms with van der Waals surface area (Å²) in [6, 6.07) is 1.96. The average molecular weight is 285 g/mol. The number of nitrogens with two attached hydrogens (primary N) is 1. The first-order valence-electron chi connectivity index (χ1n) is 5.73. The van der Waals surface area contributed by atoms with E-state index in [4.69, 9.17) is 18.0 Å². The Kier molecular flexibility index (Phi) is 5.68. The standard InChI is InChI=1S/C12H19N3OS2/c1-8-7-9(2)15-12(10(8)11(13)17)14-5-4-6-18(3)16/h7H,4-6H2,1-3H3,(H2,13,17)(H,14,15). The highest BCUT2D eigenvalue weighted by Gasteiger charge is 2.10. The molecule has 0 amide bonds. The molecule has 6 heteroatoms. The number of hydrogen-bond acceptors (Lipinski definition) is 4. The van der Waals surface area contributed by atoms with Crippen LogP contribution in [0.2, 0.25) is 0 Å². The number of aromatic nitrogens is 1. The summed E-state index contributed by atoms with van der Waals surface area (Å²) in [4.78, 5) is 4.77. The van der Waals surface area contributed by atoms with Gasteiger partial charge in [0, 0.05) is 35.0 Å². The van der Waals surface area contributed by atoms with E-state index < -0.39 is 10.8 Å². The van der Waals surface area contributed by atoms with Gasteiger partial charge in [0.15, 0.2) is 0 Å². The average Bonchev–Trinajstić information content (AvgIpc) is 2.22. The van der Waals surface area contributed by atoms with Crippen molar-refractivity contribution in [1.82, 2.24) is 4.98 Å². The fraction of sp³-hybridized carbons (Fsp3) is 0.500. The van der Waals surface area contributed by atoms with Gasteiger partial charge in [0.05, 0.1) is 5.56 Å². The summed E-state index contributed by atoms with van der Waals surface area (Å²) in [7, 11) is -0.757. The van der Waals surface area contributed by atoms with Crippen molar-refractivity contribution in [2.24, 2.45) is 5.73 Å². The van der Waals surface area contributed by atoms with E-state index in [1.165, 1.54) is 0 Å². The van der Waals surface area contributed by atoms with Gasteiger partial charge in [-0.2, -0.15) is 0 Å². The first-order valence-corrected chi connectivity index (χ1v) is 7.87. The van der Waals surface area contributed by atoms with Gasteiger partial charge in [0.1, 0.15) is 10.8 Å². The van der Waals surface area contributed by atoms with E-state index in [9.17, 15) is 4.21 Å². The highest BCUT2D eigenvalue weighted by Crippen LogP contribution is 2.18. The maximum absolute atomic E-state index is 11.0. The van der Waals surface area contributed by atoms with Gasteiger partial charge in [0.25, 0.3) is 0 Å². The Balaban J connectivity index is 2.80. The Morgan fingerprint density at radius 2 is 2.22 bits per heavy atom. The van der Waals surface area contributed by atoms with Crippen LogP contribution in [0.1, 0.15) is 23.2 Å². The minimum atomic E-state index is -0.757. The van der Waals surface area contributed by atoms with Crippen LogP contribution in [0.5, 0.6) is 0 Å². The third-order valence-electron chi connectivity index (χ3n) is 2.49. The topological polar surface area (TPSA) is 68.0 Å². The van der Waals surface area contributed by atoms with Crippen molar-refractivity contribution in [3.63, 3.8) is 0 Å². The summed E-state index contributed by atoms with van der Waals surface area (Å²) in [6.45, 7) is 4.61. The molecule has 0 aliphatic rings. The van der Waals surface area contributed by atoms with Crippen molar-refractivity contribution >= 4 is 33.8 Å². The lowest BCUT2D eigenvalue weighted by Gasteiger charge is -2.13. The van der Waals surface area contributed by atoms with Crippen molar-refractivity contribution < 1.29 is 4.21 Å². The molecule has 0 saturated carbocycles. The molecule has 0 radical (unpaired) electrons. The van der Waals surface area contributed by atoms with Crippen LogP contribution in [-0.2, 0) is 10.8 Å². The monoisotopic (exact) mass is 285 g/mol.